The summed E-state index contributed by atoms with van der Waals surface area (Å²) in [6, 6.07) is 10.1. The van der Waals surface area contributed by atoms with Crippen molar-refractivity contribution in [2.24, 2.45) is 4.99 Å². The molecule has 1 rings (SSSR count). The molecule has 0 saturated carbocycles. The van der Waals surface area contributed by atoms with E-state index in [0.29, 0.717) is 18.9 Å². The Morgan fingerprint density at radius 2 is 2.04 bits per heavy atom. The first-order valence-electron chi connectivity index (χ1n) is 7.91. The first kappa shape index (κ1) is 19.2. The maximum atomic E-state index is 5.79. The smallest absolute Gasteiger partial charge is 0.107 e. The first-order valence-corrected chi connectivity index (χ1v) is 11.5. The topological polar surface area (TPSA) is 21.6 Å². The maximum Gasteiger partial charge on any atom is 0.107 e. The molecular formula is C20H27NOSi. The summed E-state index contributed by atoms with van der Waals surface area (Å²) >= 11 is 0. The van der Waals surface area contributed by atoms with Gasteiger partial charge in [0.1, 0.15) is 5.71 Å². The van der Waals surface area contributed by atoms with E-state index >= 15 is 0 Å². The second-order valence-corrected chi connectivity index (χ2v) is 11.6. The molecule has 0 bridgehead atoms. The van der Waals surface area contributed by atoms with Gasteiger partial charge in [-0.3, -0.25) is 4.99 Å². The summed E-state index contributed by atoms with van der Waals surface area (Å²) in [5.41, 5.74) is 4.05. The largest absolute Gasteiger partial charge is 0.375 e. The Balaban J connectivity index is 2.65. The third-order valence-corrected chi connectivity index (χ3v) is 4.24. The van der Waals surface area contributed by atoms with Gasteiger partial charge in [0.15, 0.2) is 0 Å². The number of benzene rings is 1. The van der Waals surface area contributed by atoms with Gasteiger partial charge in [0, 0.05) is 0 Å². The summed E-state index contributed by atoms with van der Waals surface area (Å²) in [7, 11) is -1.28. The third kappa shape index (κ3) is 8.97. The summed E-state index contributed by atoms with van der Waals surface area (Å²) in [4.78, 5) is 4.64. The minimum Gasteiger partial charge on any atom is -0.375 e. The van der Waals surface area contributed by atoms with Crippen LogP contribution in [0.25, 0.3) is 0 Å². The molecule has 0 aliphatic rings. The molecule has 0 aliphatic heterocycles. The predicted molar refractivity (Wildman–Crippen MR) is 103 cm³/mol. The van der Waals surface area contributed by atoms with Crippen molar-refractivity contribution in [2.75, 3.05) is 6.61 Å². The van der Waals surface area contributed by atoms with Gasteiger partial charge in [-0.1, -0.05) is 67.7 Å². The van der Waals surface area contributed by atoms with E-state index in [9.17, 15) is 0 Å². The van der Waals surface area contributed by atoms with Crippen LogP contribution in [-0.4, -0.2) is 26.4 Å². The molecule has 0 amide bonds. The molecule has 0 heterocycles. The molecule has 0 aromatic heterocycles. The minimum atomic E-state index is -1.28. The molecule has 1 aromatic carbocycles. The van der Waals surface area contributed by atoms with Crippen LogP contribution in [-0.2, 0) is 11.3 Å². The van der Waals surface area contributed by atoms with Gasteiger partial charge in [0.05, 0.1) is 27.3 Å². The lowest BCUT2D eigenvalue weighted by Crippen LogP contribution is -2.17. The van der Waals surface area contributed by atoms with E-state index in [0.717, 1.165) is 12.0 Å². The number of hydrogen-bond donors (Lipinski definition) is 0. The quantitative estimate of drug-likeness (QED) is 0.280. The number of allylic oxidation sites excluding steroid dienone is 1. The highest BCUT2D eigenvalue weighted by Gasteiger charge is 2.09. The molecular weight excluding hydrogens is 298 g/mol. The number of hydrogen-bond acceptors (Lipinski definition) is 2. The van der Waals surface area contributed by atoms with E-state index in [1.165, 1.54) is 0 Å². The minimum absolute atomic E-state index is 0.00791. The Hall–Kier alpha value is -1.89. The Labute approximate surface area is 142 Å². The monoisotopic (exact) mass is 325 g/mol. The molecule has 0 radical (unpaired) electrons. The summed E-state index contributed by atoms with van der Waals surface area (Å²) in [6.07, 6.45) is 10.2. The molecule has 23 heavy (non-hydrogen) atoms. The fourth-order valence-electron chi connectivity index (χ4n) is 1.89. The van der Waals surface area contributed by atoms with E-state index in [4.69, 9.17) is 11.2 Å². The van der Waals surface area contributed by atoms with Crippen LogP contribution in [0.2, 0.25) is 19.6 Å². The molecule has 0 N–H and O–H groups in total. The highest BCUT2D eigenvalue weighted by molar-refractivity contribution is 6.81. The molecule has 0 fully saturated rings. The molecule has 2 nitrogen and oxygen atoms in total. The number of terminal acetylenes is 1. The molecule has 3 heteroatoms. The van der Waals surface area contributed by atoms with Crippen LogP contribution in [0.5, 0.6) is 0 Å². The molecule has 0 spiro atoms. The van der Waals surface area contributed by atoms with Crippen LogP contribution in [0.4, 0.5) is 0 Å². The standard InChI is InChI=1S/C20H27NOSi/c1-6-11-20(17-22-16-18-12-9-8-10-13-18)21-19(7-2)14-15-23(3,4)5/h2,6,8-10,12-15,20H,1,11,16-17H2,3-5H3/b15-14+,21-19?/t20-/m0/s1. The van der Waals surface area contributed by atoms with Gasteiger partial charge in [-0.15, -0.1) is 13.0 Å². The Morgan fingerprint density at radius 1 is 1.35 bits per heavy atom. The lowest BCUT2D eigenvalue weighted by molar-refractivity contribution is 0.109. The fourth-order valence-corrected chi connectivity index (χ4v) is 2.55. The zero-order valence-electron chi connectivity index (χ0n) is 14.5. The van der Waals surface area contributed by atoms with Gasteiger partial charge in [-0.2, -0.15) is 0 Å². The Morgan fingerprint density at radius 3 is 2.61 bits per heavy atom. The maximum absolute atomic E-state index is 5.79. The van der Waals surface area contributed by atoms with Gasteiger partial charge in [0.2, 0.25) is 0 Å². The van der Waals surface area contributed by atoms with E-state index in [1.54, 1.807) is 0 Å². The number of rotatable bonds is 9. The molecule has 122 valence electrons. The zero-order chi connectivity index (χ0) is 17.1. The second-order valence-electron chi connectivity index (χ2n) is 6.54. The van der Waals surface area contributed by atoms with Gasteiger partial charge < -0.3 is 4.74 Å². The van der Waals surface area contributed by atoms with Gasteiger partial charge in [-0.25, -0.2) is 0 Å². The predicted octanol–water partition coefficient (Wildman–Crippen LogP) is 4.66. The van der Waals surface area contributed by atoms with Crippen molar-refractivity contribution in [3.05, 3.63) is 60.3 Å². The highest BCUT2D eigenvalue weighted by Crippen LogP contribution is 2.07. The number of ether oxygens (including phenoxy) is 1. The van der Waals surface area contributed by atoms with E-state index in [1.807, 2.05) is 30.4 Å². The van der Waals surface area contributed by atoms with Gasteiger partial charge in [-0.05, 0) is 18.1 Å². The summed E-state index contributed by atoms with van der Waals surface area (Å²) in [6.45, 7) is 11.7. The molecule has 0 unspecified atom stereocenters. The lowest BCUT2D eigenvalue weighted by Gasteiger charge is -2.12. The zero-order valence-corrected chi connectivity index (χ0v) is 15.5. The molecule has 0 saturated heterocycles. The van der Waals surface area contributed by atoms with Crippen molar-refractivity contribution >= 4 is 13.8 Å². The Bertz CT molecular complexity index is 576. The summed E-state index contributed by atoms with van der Waals surface area (Å²) < 4.78 is 5.79. The first-order chi connectivity index (χ1) is 10.9. The molecule has 1 atom stereocenters. The van der Waals surface area contributed by atoms with E-state index < -0.39 is 8.07 Å². The highest BCUT2D eigenvalue weighted by atomic mass is 28.3. The Kier molecular flexibility index (Phi) is 8.32. The van der Waals surface area contributed by atoms with Crippen molar-refractivity contribution in [1.82, 2.24) is 0 Å². The van der Waals surface area contributed by atoms with Crippen LogP contribution in [0.3, 0.4) is 0 Å². The van der Waals surface area contributed by atoms with Crippen LogP contribution in [0.1, 0.15) is 12.0 Å². The van der Waals surface area contributed by atoms with Crippen molar-refractivity contribution in [3.8, 4) is 12.3 Å². The normalized spacial score (nSPS) is 13.7. The van der Waals surface area contributed by atoms with Crippen molar-refractivity contribution in [1.29, 1.82) is 0 Å². The van der Waals surface area contributed by atoms with Gasteiger partial charge >= 0.3 is 0 Å². The van der Waals surface area contributed by atoms with Crippen LogP contribution in [0, 0.1) is 12.3 Å². The summed E-state index contributed by atoms with van der Waals surface area (Å²) in [5, 5.41) is 0. The van der Waals surface area contributed by atoms with Crippen LogP contribution >= 0.6 is 0 Å². The second kappa shape index (κ2) is 9.99. The third-order valence-electron chi connectivity index (χ3n) is 3.07. The average Bonchev–Trinajstić information content (AvgIpc) is 2.51. The van der Waals surface area contributed by atoms with Gasteiger partial charge in [0.25, 0.3) is 0 Å². The van der Waals surface area contributed by atoms with Crippen molar-refractivity contribution in [3.63, 3.8) is 0 Å². The molecule has 0 aliphatic carbocycles. The fraction of sp³-hybridized carbons (Fsp3) is 0.350. The van der Waals surface area contributed by atoms with Crippen LogP contribution < -0.4 is 0 Å². The van der Waals surface area contributed by atoms with Crippen LogP contribution in [0.15, 0.2) is 59.8 Å². The van der Waals surface area contributed by atoms with Crippen molar-refractivity contribution < 1.29 is 4.74 Å². The van der Waals surface area contributed by atoms with E-state index in [2.05, 4.69) is 55.0 Å². The lowest BCUT2D eigenvalue weighted by atomic mass is 10.2. The SMILES string of the molecule is C#CC(/C=C/[Si](C)(C)C)=N[C@@H](CC=C)COCc1ccccc1. The summed E-state index contributed by atoms with van der Waals surface area (Å²) in [5.74, 6) is 2.67. The van der Waals surface area contributed by atoms with E-state index in [-0.39, 0.29) is 6.04 Å². The molecule has 1 aromatic rings. The number of aliphatic imine (C=N–C) groups is 1. The number of nitrogens with zero attached hydrogens (tertiary/aromatic N) is 1. The average molecular weight is 326 g/mol. The van der Waals surface area contributed by atoms with Crippen molar-refractivity contribution in [2.45, 2.75) is 38.7 Å².